The molecule has 1 unspecified atom stereocenters. The van der Waals surface area contributed by atoms with Crippen LogP contribution in [-0.4, -0.2) is 33.3 Å². The molecule has 1 aromatic rings. The number of aromatic nitrogens is 4. The highest BCUT2D eigenvalue weighted by atomic mass is 15.6. The summed E-state index contributed by atoms with van der Waals surface area (Å²) in [5, 5.41) is 14.9. The quantitative estimate of drug-likeness (QED) is 0.675. The lowest BCUT2D eigenvalue weighted by atomic mass is 10.2. The van der Waals surface area contributed by atoms with E-state index in [2.05, 4.69) is 27.7 Å². The van der Waals surface area contributed by atoms with E-state index in [1.54, 1.807) is 7.05 Å². The molecule has 5 heteroatoms. The number of rotatable bonds is 4. The fraction of sp³-hybridized carbons (Fsp3) is 0.857. The van der Waals surface area contributed by atoms with Crippen LogP contribution in [0.15, 0.2) is 0 Å². The van der Waals surface area contributed by atoms with Gasteiger partial charge >= 0.3 is 0 Å². The van der Waals surface area contributed by atoms with Crippen LogP contribution in [0.25, 0.3) is 0 Å². The molecule has 0 amide bonds. The molecule has 12 heavy (non-hydrogen) atoms. The van der Waals surface area contributed by atoms with E-state index in [9.17, 15) is 0 Å². The van der Waals surface area contributed by atoms with E-state index >= 15 is 0 Å². The Morgan fingerprint density at radius 3 is 2.83 bits per heavy atom. The second-order valence-electron chi connectivity index (χ2n) is 2.92. The lowest BCUT2D eigenvalue weighted by Crippen LogP contribution is -2.21. The predicted molar refractivity (Wildman–Crippen MR) is 45.6 cm³/mol. The van der Waals surface area contributed by atoms with Gasteiger partial charge in [0.25, 0.3) is 0 Å². The summed E-state index contributed by atoms with van der Waals surface area (Å²) in [5.74, 6) is 0.819. The highest BCUT2D eigenvalue weighted by Crippen LogP contribution is 1.96. The molecule has 0 saturated heterocycles. The minimum Gasteiger partial charge on any atom is -0.317 e. The van der Waals surface area contributed by atoms with E-state index in [4.69, 9.17) is 0 Å². The van der Waals surface area contributed by atoms with Crippen molar-refractivity contribution in [2.24, 2.45) is 7.05 Å². The van der Waals surface area contributed by atoms with Gasteiger partial charge < -0.3 is 5.32 Å². The molecule has 0 fully saturated rings. The Morgan fingerprint density at radius 1 is 1.58 bits per heavy atom. The third-order valence-electron chi connectivity index (χ3n) is 1.84. The first kappa shape index (κ1) is 9.12. The van der Waals surface area contributed by atoms with Crippen molar-refractivity contribution in [2.75, 3.05) is 7.05 Å². The SMILES string of the molecule is CNC(C)CCc1nnn(C)n1. The topological polar surface area (TPSA) is 55.6 Å². The molecule has 0 bridgehead atoms. The van der Waals surface area contributed by atoms with E-state index in [-0.39, 0.29) is 0 Å². The lowest BCUT2D eigenvalue weighted by Gasteiger charge is -2.06. The number of hydrogen-bond acceptors (Lipinski definition) is 4. The van der Waals surface area contributed by atoms with Crippen molar-refractivity contribution in [3.05, 3.63) is 5.82 Å². The molecular formula is C7H15N5. The van der Waals surface area contributed by atoms with E-state index in [0.29, 0.717) is 6.04 Å². The fourth-order valence-corrected chi connectivity index (χ4v) is 0.913. The Hall–Kier alpha value is -0.970. The van der Waals surface area contributed by atoms with Gasteiger partial charge in [0.2, 0.25) is 0 Å². The van der Waals surface area contributed by atoms with Crippen LogP contribution in [0.5, 0.6) is 0 Å². The van der Waals surface area contributed by atoms with E-state index in [1.165, 1.54) is 4.80 Å². The van der Waals surface area contributed by atoms with Crippen molar-refractivity contribution < 1.29 is 0 Å². The van der Waals surface area contributed by atoms with Crippen molar-refractivity contribution in [2.45, 2.75) is 25.8 Å². The summed E-state index contributed by atoms with van der Waals surface area (Å²) in [5.41, 5.74) is 0. The molecule has 68 valence electrons. The zero-order valence-electron chi connectivity index (χ0n) is 7.78. The lowest BCUT2D eigenvalue weighted by molar-refractivity contribution is 0.554. The highest BCUT2D eigenvalue weighted by Gasteiger charge is 2.03. The Bertz CT molecular complexity index is 231. The summed E-state index contributed by atoms with van der Waals surface area (Å²) in [4.78, 5) is 1.49. The van der Waals surface area contributed by atoms with E-state index < -0.39 is 0 Å². The fourth-order valence-electron chi connectivity index (χ4n) is 0.913. The molecular weight excluding hydrogens is 154 g/mol. The molecule has 1 atom stereocenters. The second kappa shape index (κ2) is 4.15. The van der Waals surface area contributed by atoms with Gasteiger partial charge in [-0.3, -0.25) is 0 Å². The number of hydrogen-bond donors (Lipinski definition) is 1. The van der Waals surface area contributed by atoms with E-state index in [1.807, 2.05) is 7.05 Å². The maximum absolute atomic E-state index is 4.08. The molecule has 1 heterocycles. The van der Waals surface area contributed by atoms with Gasteiger partial charge in [0, 0.05) is 12.5 Å². The third-order valence-corrected chi connectivity index (χ3v) is 1.84. The van der Waals surface area contributed by atoms with Crippen LogP contribution in [0.2, 0.25) is 0 Å². The van der Waals surface area contributed by atoms with Gasteiger partial charge in [0.1, 0.15) is 0 Å². The number of nitrogens with zero attached hydrogens (tertiary/aromatic N) is 4. The zero-order valence-corrected chi connectivity index (χ0v) is 7.78. The summed E-state index contributed by atoms with van der Waals surface area (Å²) >= 11 is 0. The number of tetrazole rings is 1. The van der Waals surface area contributed by atoms with Crippen molar-refractivity contribution >= 4 is 0 Å². The van der Waals surface area contributed by atoms with Gasteiger partial charge in [-0.1, -0.05) is 0 Å². The molecule has 1 N–H and O–H groups in total. The molecule has 0 spiro atoms. The van der Waals surface area contributed by atoms with Gasteiger partial charge in [-0.2, -0.15) is 4.80 Å². The molecule has 0 radical (unpaired) electrons. The molecule has 0 aliphatic rings. The van der Waals surface area contributed by atoms with Crippen LogP contribution in [-0.2, 0) is 13.5 Å². The third kappa shape index (κ3) is 2.58. The molecule has 5 nitrogen and oxygen atoms in total. The van der Waals surface area contributed by atoms with Crippen LogP contribution in [0.4, 0.5) is 0 Å². The molecule has 1 rings (SSSR count). The second-order valence-corrected chi connectivity index (χ2v) is 2.92. The first-order chi connectivity index (χ1) is 5.72. The predicted octanol–water partition coefficient (Wildman–Crippen LogP) is -0.249. The summed E-state index contributed by atoms with van der Waals surface area (Å²) < 4.78 is 0. The Labute approximate surface area is 72.2 Å². The summed E-state index contributed by atoms with van der Waals surface area (Å²) in [6.07, 6.45) is 1.93. The maximum atomic E-state index is 4.08. The number of aryl methyl sites for hydroxylation is 2. The molecule has 1 aromatic heterocycles. The number of nitrogens with one attached hydrogen (secondary N) is 1. The van der Waals surface area contributed by atoms with Gasteiger partial charge in [0.05, 0.1) is 7.05 Å². The van der Waals surface area contributed by atoms with Crippen LogP contribution >= 0.6 is 0 Å². The molecule has 0 aliphatic heterocycles. The van der Waals surface area contributed by atoms with Gasteiger partial charge in [-0.15, -0.1) is 10.2 Å². The Kier molecular flexibility index (Phi) is 3.16. The Morgan fingerprint density at radius 2 is 2.33 bits per heavy atom. The molecule has 0 saturated carbocycles. The normalized spacial score (nSPS) is 13.2. The van der Waals surface area contributed by atoms with Crippen molar-refractivity contribution in [3.8, 4) is 0 Å². The van der Waals surface area contributed by atoms with Gasteiger partial charge in [-0.25, -0.2) is 0 Å². The minimum atomic E-state index is 0.508. The van der Waals surface area contributed by atoms with Gasteiger partial charge in [-0.05, 0) is 25.6 Å². The summed E-state index contributed by atoms with van der Waals surface area (Å²) in [7, 11) is 3.73. The largest absolute Gasteiger partial charge is 0.317 e. The van der Waals surface area contributed by atoms with Crippen LogP contribution < -0.4 is 5.32 Å². The van der Waals surface area contributed by atoms with Crippen molar-refractivity contribution in [1.29, 1.82) is 0 Å². The monoisotopic (exact) mass is 169 g/mol. The van der Waals surface area contributed by atoms with E-state index in [0.717, 1.165) is 18.7 Å². The standard InChI is InChI=1S/C7H15N5/c1-6(8-2)4-5-7-9-11-12(3)10-7/h6,8H,4-5H2,1-3H3. The molecule has 0 aromatic carbocycles. The average molecular weight is 169 g/mol. The van der Waals surface area contributed by atoms with Crippen molar-refractivity contribution in [3.63, 3.8) is 0 Å². The Balaban J connectivity index is 2.33. The van der Waals surface area contributed by atoms with Crippen LogP contribution in [0, 0.1) is 0 Å². The first-order valence-corrected chi connectivity index (χ1v) is 4.12. The molecule has 0 aliphatic carbocycles. The maximum Gasteiger partial charge on any atom is 0.174 e. The van der Waals surface area contributed by atoms with Gasteiger partial charge in [0.15, 0.2) is 5.82 Å². The van der Waals surface area contributed by atoms with Crippen LogP contribution in [0.1, 0.15) is 19.2 Å². The zero-order chi connectivity index (χ0) is 8.97. The summed E-state index contributed by atoms with van der Waals surface area (Å²) in [6.45, 7) is 2.14. The summed E-state index contributed by atoms with van der Waals surface area (Å²) in [6, 6.07) is 0.508. The minimum absolute atomic E-state index is 0.508. The van der Waals surface area contributed by atoms with Crippen LogP contribution in [0.3, 0.4) is 0 Å². The van der Waals surface area contributed by atoms with Crippen molar-refractivity contribution in [1.82, 2.24) is 25.5 Å². The smallest absolute Gasteiger partial charge is 0.174 e. The first-order valence-electron chi connectivity index (χ1n) is 4.12. The average Bonchev–Trinajstić information content (AvgIpc) is 2.47. The highest BCUT2D eigenvalue weighted by molar-refractivity contribution is 4.78.